The summed E-state index contributed by atoms with van der Waals surface area (Å²) in [6, 6.07) is 6.23. The summed E-state index contributed by atoms with van der Waals surface area (Å²) in [4.78, 5) is 0.819. The third-order valence-electron chi connectivity index (χ3n) is 2.28. The van der Waals surface area contributed by atoms with Crippen molar-refractivity contribution < 1.29 is 8.42 Å². The van der Waals surface area contributed by atoms with Gasteiger partial charge in [0.15, 0.2) is 0 Å². The van der Waals surface area contributed by atoms with Crippen molar-refractivity contribution in [3.05, 3.63) is 49.6 Å². The molecule has 0 bridgehead atoms. The molecule has 0 amide bonds. The Hall–Kier alpha value is -0.300. The van der Waals surface area contributed by atoms with Crippen LogP contribution in [0.1, 0.15) is 4.88 Å². The molecule has 0 fully saturated rings. The summed E-state index contributed by atoms with van der Waals surface area (Å²) in [6.45, 7) is 0.205. The van der Waals surface area contributed by atoms with Crippen LogP contribution in [0.15, 0.2) is 34.5 Å². The van der Waals surface area contributed by atoms with E-state index in [2.05, 4.69) is 4.72 Å². The van der Waals surface area contributed by atoms with Gasteiger partial charge in [0, 0.05) is 11.4 Å². The highest BCUT2D eigenvalue weighted by atomic mass is 35.5. The number of benzene rings is 1. The average molecular weight is 357 g/mol. The van der Waals surface area contributed by atoms with Gasteiger partial charge in [-0.1, -0.05) is 40.9 Å². The molecule has 1 N–H and O–H groups in total. The molecule has 19 heavy (non-hydrogen) atoms. The Morgan fingerprint density at radius 3 is 2.42 bits per heavy atom. The lowest BCUT2D eigenvalue weighted by molar-refractivity contribution is 0.582. The lowest BCUT2D eigenvalue weighted by Crippen LogP contribution is -2.23. The van der Waals surface area contributed by atoms with E-state index in [-0.39, 0.29) is 26.5 Å². The second-order valence-corrected chi connectivity index (χ2v) is 7.59. The van der Waals surface area contributed by atoms with Gasteiger partial charge in [-0.3, -0.25) is 0 Å². The fraction of sp³-hybridized carbons (Fsp3) is 0.0909. The molecule has 1 aromatic carbocycles. The van der Waals surface area contributed by atoms with Gasteiger partial charge in [-0.2, -0.15) is 0 Å². The normalized spacial score (nSPS) is 11.7. The number of hydrogen-bond acceptors (Lipinski definition) is 3. The summed E-state index contributed by atoms with van der Waals surface area (Å²) in [6.07, 6.45) is 0. The van der Waals surface area contributed by atoms with Crippen molar-refractivity contribution in [3.63, 3.8) is 0 Å². The Morgan fingerprint density at radius 2 is 1.79 bits per heavy atom. The lowest BCUT2D eigenvalue weighted by Gasteiger charge is -2.08. The van der Waals surface area contributed by atoms with Crippen LogP contribution in [0, 0.1) is 0 Å². The SMILES string of the molecule is O=S(=O)(NCc1cccs1)c1cc(Cl)c(Cl)cc1Cl. The maximum Gasteiger partial charge on any atom is 0.242 e. The minimum absolute atomic E-state index is 0.0353. The Labute approximate surface area is 130 Å². The van der Waals surface area contributed by atoms with Gasteiger partial charge >= 0.3 is 0 Å². The van der Waals surface area contributed by atoms with Gasteiger partial charge < -0.3 is 0 Å². The molecule has 2 rings (SSSR count). The maximum absolute atomic E-state index is 12.1. The average Bonchev–Trinajstić information content (AvgIpc) is 2.84. The summed E-state index contributed by atoms with van der Waals surface area (Å²) < 4.78 is 26.7. The van der Waals surface area contributed by atoms with Crippen LogP contribution in [0.2, 0.25) is 15.1 Å². The van der Waals surface area contributed by atoms with Crippen molar-refractivity contribution in [1.82, 2.24) is 4.72 Å². The first-order valence-corrected chi connectivity index (χ1v) is 8.56. The standard InChI is InChI=1S/C11H8Cl3NO2S2/c12-8-4-10(14)11(5-9(8)13)19(16,17)15-6-7-2-1-3-18-7/h1-5,15H,6H2. The maximum atomic E-state index is 12.1. The zero-order valence-corrected chi connectivity index (χ0v) is 13.3. The van der Waals surface area contributed by atoms with Gasteiger partial charge in [0.1, 0.15) is 4.90 Å². The van der Waals surface area contributed by atoms with E-state index < -0.39 is 10.0 Å². The lowest BCUT2D eigenvalue weighted by atomic mass is 10.4. The first-order valence-electron chi connectivity index (χ1n) is 5.07. The van der Waals surface area contributed by atoms with E-state index in [0.717, 1.165) is 4.88 Å². The predicted octanol–water partition coefficient (Wildman–Crippen LogP) is 4.19. The van der Waals surface area contributed by atoms with E-state index in [1.807, 2.05) is 17.5 Å². The molecule has 0 saturated carbocycles. The number of nitrogens with one attached hydrogen (secondary N) is 1. The highest BCUT2D eigenvalue weighted by Gasteiger charge is 2.19. The van der Waals surface area contributed by atoms with Crippen molar-refractivity contribution in [3.8, 4) is 0 Å². The van der Waals surface area contributed by atoms with Crippen LogP contribution in [0.4, 0.5) is 0 Å². The Balaban J connectivity index is 2.27. The number of hydrogen-bond donors (Lipinski definition) is 1. The van der Waals surface area contributed by atoms with Gasteiger partial charge in [-0.05, 0) is 23.6 Å². The molecular weight excluding hydrogens is 349 g/mol. The molecule has 3 nitrogen and oxygen atoms in total. The second-order valence-electron chi connectivity index (χ2n) is 3.60. The topological polar surface area (TPSA) is 46.2 Å². The molecule has 8 heteroatoms. The van der Waals surface area contributed by atoms with Gasteiger partial charge in [-0.25, -0.2) is 13.1 Å². The fourth-order valence-corrected chi connectivity index (χ4v) is 4.11. The molecule has 0 radical (unpaired) electrons. The number of thiophene rings is 1. The molecule has 2 aromatic rings. The highest BCUT2D eigenvalue weighted by Crippen LogP contribution is 2.31. The van der Waals surface area contributed by atoms with Crippen LogP contribution in [0.25, 0.3) is 0 Å². The third kappa shape index (κ3) is 3.62. The number of sulfonamides is 1. The smallest absolute Gasteiger partial charge is 0.207 e. The van der Waals surface area contributed by atoms with Crippen molar-refractivity contribution in [2.24, 2.45) is 0 Å². The first-order chi connectivity index (χ1) is 8.90. The van der Waals surface area contributed by atoms with Crippen LogP contribution in [-0.2, 0) is 16.6 Å². The van der Waals surface area contributed by atoms with E-state index in [4.69, 9.17) is 34.8 Å². The van der Waals surface area contributed by atoms with Crippen molar-refractivity contribution >= 4 is 56.2 Å². The van der Waals surface area contributed by atoms with Crippen molar-refractivity contribution in [2.75, 3.05) is 0 Å². The van der Waals surface area contributed by atoms with E-state index in [1.54, 1.807) is 0 Å². The molecule has 0 aliphatic heterocycles. The molecule has 1 heterocycles. The van der Waals surface area contributed by atoms with Gasteiger partial charge in [0.2, 0.25) is 10.0 Å². The van der Waals surface area contributed by atoms with E-state index in [0.29, 0.717) is 0 Å². The van der Waals surface area contributed by atoms with E-state index >= 15 is 0 Å². The third-order valence-corrected chi connectivity index (χ3v) is 5.75. The second kappa shape index (κ2) is 5.99. The molecule has 0 saturated heterocycles. The van der Waals surface area contributed by atoms with Crippen LogP contribution >= 0.6 is 46.1 Å². The molecule has 0 spiro atoms. The molecular formula is C11H8Cl3NO2S2. The van der Waals surface area contributed by atoms with Gasteiger partial charge in [0.05, 0.1) is 15.1 Å². The van der Waals surface area contributed by atoms with Crippen molar-refractivity contribution in [1.29, 1.82) is 0 Å². The van der Waals surface area contributed by atoms with Gasteiger partial charge in [0.25, 0.3) is 0 Å². The number of halogens is 3. The van der Waals surface area contributed by atoms with Crippen LogP contribution in [0.3, 0.4) is 0 Å². The number of rotatable bonds is 4. The van der Waals surface area contributed by atoms with E-state index in [1.165, 1.54) is 23.5 Å². The Kier molecular flexibility index (Phi) is 4.76. The summed E-state index contributed by atoms with van der Waals surface area (Å²) in [5, 5.41) is 2.26. The quantitative estimate of drug-likeness (QED) is 0.835. The molecule has 1 aromatic heterocycles. The minimum atomic E-state index is -3.72. The zero-order valence-electron chi connectivity index (χ0n) is 9.36. The molecule has 0 aliphatic rings. The summed E-state index contributed by atoms with van der Waals surface area (Å²) in [5.74, 6) is 0. The zero-order chi connectivity index (χ0) is 14.0. The molecule has 0 aliphatic carbocycles. The van der Waals surface area contributed by atoms with Gasteiger partial charge in [-0.15, -0.1) is 11.3 Å². The largest absolute Gasteiger partial charge is 0.242 e. The molecule has 0 unspecified atom stereocenters. The minimum Gasteiger partial charge on any atom is -0.207 e. The van der Waals surface area contributed by atoms with E-state index in [9.17, 15) is 8.42 Å². The summed E-state index contributed by atoms with van der Waals surface area (Å²) in [7, 11) is -3.72. The van der Waals surface area contributed by atoms with Crippen LogP contribution < -0.4 is 4.72 Å². The Morgan fingerprint density at radius 1 is 1.11 bits per heavy atom. The Bertz CT molecular complexity index is 684. The predicted molar refractivity (Wildman–Crippen MR) is 79.8 cm³/mol. The summed E-state index contributed by atoms with van der Waals surface area (Å²) >= 11 is 18.9. The van der Waals surface area contributed by atoms with Crippen LogP contribution in [0.5, 0.6) is 0 Å². The fourth-order valence-electron chi connectivity index (χ4n) is 1.37. The van der Waals surface area contributed by atoms with Crippen molar-refractivity contribution in [2.45, 2.75) is 11.4 Å². The highest BCUT2D eigenvalue weighted by molar-refractivity contribution is 7.89. The first kappa shape index (κ1) is 15.1. The summed E-state index contributed by atoms with van der Waals surface area (Å²) in [5.41, 5.74) is 0. The molecule has 102 valence electrons. The molecule has 0 atom stereocenters. The van der Waals surface area contributed by atoms with Crippen LogP contribution in [-0.4, -0.2) is 8.42 Å². The monoisotopic (exact) mass is 355 g/mol.